The Kier molecular flexibility index (Phi) is 5.14. The van der Waals surface area contributed by atoms with E-state index in [9.17, 15) is 0 Å². The highest BCUT2D eigenvalue weighted by Crippen LogP contribution is 2.37. The van der Waals surface area contributed by atoms with Crippen molar-refractivity contribution in [2.24, 2.45) is 11.7 Å². The van der Waals surface area contributed by atoms with E-state index >= 15 is 0 Å². The summed E-state index contributed by atoms with van der Waals surface area (Å²) < 4.78 is 6.31. The molecule has 0 aliphatic carbocycles. The van der Waals surface area contributed by atoms with Crippen LogP contribution in [0.15, 0.2) is 24.0 Å². The summed E-state index contributed by atoms with van der Waals surface area (Å²) in [6.07, 6.45) is 6.86. The minimum atomic E-state index is -1.69. The average Bonchev–Trinajstić information content (AvgIpc) is 2.29. The number of dihydropyridines is 1. The van der Waals surface area contributed by atoms with Crippen LogP contribution in [0.3, 0.4) is 0 Å². The van der Waals surface area contributed by atoms with Crippen LogP contribution in [-0.2, 0) is 4.43 Å². The zero-order valence-corrected chi connectivity index (χ0v) is 15.2. The summed E-state index contributed by atoms with van der Waals surface area (Å²) in [4.78, 5) is 0. The van der Waals surface area contributed by atoms with Crippen molar-refractivity contribution in [3.8, 4) is 0 Å². The van der Waals surface area contributed by atoms with Crippen LogP contribution in [0.25, 0.3) is 0 Å². The van der Waals surface area contributed by atoms with Crippen LogP contribution in [0.5, 0.6) is 0 Å². The minimum Gasteiger partial charge on any atom is -0.417 e. The first-order chi connectivity index (χ1) is 9.03. The third kappa shape index (κ3) is 3.47. The standard InChI is InChI=1S/C16H32N2OSi/c1-13(2)16(14(17)9-8-11-18-16)10-12-19-20(6,7)15(3,4)5/h8-9,11,13,18H,10,12,17H2,1-7H3. The lowest BCUT2D eigenvalue weighted by Crippen LogP contribution is -2.54. The first-order valence-corrected chi connectivity index (χ1v) is 10.5. The van der Waals surface area contributed by atoms with Crippen LogP contribution in [0.2, 0.25) is 18.1 Å². The number of nitrogens with two attached hydrogens (primary N) is 1. The minimum absolute atomic E-state index is 0.170. The molecule has 20 heavy (non-hydrogen) atoms. The molecule has 1 rings (SSSR count). The molecule has 1 heterocycles. The zero-order chi connectivity index (χ0) is 15.6. The van der Waals surface area contributed by atoms with Crippen molar-refractivity contribution in [3.63, 3.8) is 0 Å². The van der Waals surface area contributed by atoms with Crippen LogP contribution >= 0.6 is 0 Å². The van der Waals surface area contributed by atoms with Gasteiger partial charge in [0, 0.05) is 12.3 Å². The van der Waals surface area contributed by atoms with Gasteiger partial charge in [-0.05, 0) is 48.8 Å². The Bertz CT molecular complexity index is 394. The van der Waals surface area contributed by atoms with Gasteiger partial charge in [0.25, 0.3) is 0 Å². The number of hydrogen-bond donors (Lipinski definition) is 2. The molecule has 1 aliphatic rings. The van der Waals surface area contributed by atoms with Crippen LogP contribution in [0.1, 0.15) is 41.0 Å². The lowest BCUT2D eigenvalue weighted by atomic mass is 9.79. The highest BCUT2D eigenvalue weighted by molar-refractivity contribution is 6.74. The van der Waals surface area contributed by atoms with Gasteiger partial charge in [-0.1, -0.05) is 34.6 Å². The van der Waals surface area contributed by atoms with Crippen LogP contribution in [0, 0.1) is 5.92 Å². The van der Waals surface area contributed by atoms with Gasteiger partial charge in [-0.2, -0.15) is 0 Å². The summed E-state index contributed by atoms with van der Waals surface area (Å²) in [5.41, 5.74) is 7.00. The Morgan fingerprint density at radius 2 is 1.95 bits per heavy atom. The Hall–Kier alpha value is -0.743. The maximum Gasteiger partial charge on any atom is 0.191 e. The lowest BCUT2D eigenvalue weighted by Gasteiger charge is -2.42. The third-order valence-corrected chi connectivity index (χ3v) is 9.52. The molecule has 3 nitrogen and oxygen atoms in total. The first kappa shape index (κ1) is 17.3. The number of allylic oxidation sites excluding steroid dienone is 2. The fourth-order valence-corrected chi connectivity index (χ4v) is 3.31. The summed E-state index contributed by atoms with van der Waals surface area (Å²) in [6.45, 7) is 16.6. The van der Waals surface area contributed by atoms with Gasteiger partial charge in [-0.3, -0.25) is 0 Å². The highest BCUT2D eigenvalue weighted by Gasteiger charge is 2.40. The van der Waals surface area contributed by atoms with Crippen molar-refractivity contribution < 1.29 is 4.43 Å². The Balaban J connectivity index is 2.72. The van der Waals surface area contributed by atoms with Crippen LogP contribution < -0.4 is 11.1 Å². The molecule has 0 aromatic rings. The molecule has 0 amide bonds. The molecule has 4 heteroatoms. The molecule has 1 aliphatic heterocycles. The van der Waals surface area contributed by atoms with E-state index in [1.165, 1.54) is 0 Å². The largest absolute Gasteiger partial charge is 0.417 e. The van der Waals surface area contributed by atoms with Crippen molar-refractivity contribution in [2.45, 2.75) is 64.7 Å². The second kappa shape index (κ2) is 5.94. The maximum atomic E-state index is 6.31. The zero-order valence-electron chi connectivity index (χ0n) is 14.2. The average molecular weight is 297 g/mol. The van der Waals surface area contributed by atoms with Crippen molar-refractivity contribution in [3.05, 3.63) is 24.0 Å². The second-order valence-electron chi connectivity index (χ2n) is 7.61. The van der Waals surface area contributed by atoms with E-state index in [-0.39, 0.29) is 10.6 Å². The Morgan fingerprint density at radius 1 is 1.35 bits per heavy atom. The number of rotatable bonds is 5. The fourth-order valence-electron chi connectivity index (χ4n) is 2.27. The molecule has 0 aromatic heterocycles. The van der Waals surface area contributed by atoms with Gasteiger partial charge >= 0.3 is 0 Å². The van der Waals surface area contributed by atoms with Gasteiger partial charge in [0.1, 0.15) is 0 Å². The van der Waals surface area contributed by atoms with Crippen LogP contribution in [0.4, 0.5) is 0 Å². The summed E-state index contributed by atoms with van der Waals surface area (Å²) in [5, 5.41) is 3.72. The normalized spacial score (nSPS) is 23.7. The van der Waals surface area contributed by atoms with Gasteiger partial charge in [0.05, 0.1) is 5.54 Å². The molecule has 0 fully saturated rings. The van der Waals surface area contributed by atoms with Gasteiger partial charge < -0.3 is 15.5 Å². The maximum absolute atomic E-state index is 6.31. The topological polar surface area (TPSA) is 47.3 Å². The van der Waals surface area contributed by atoms with Crippen molar-refractivity contribution in [2.75, 3.05) is 6.61 Å². The van der Waals surface area contributed by atoms with Gasteiger partial charge in [0.2, 0.25) is 0 Å². The van der Waals surface area contributed by atoms with E-state index in [0.717, 1.165) is 18.7 Å². The monoisotopic (exact) mass is 296 g/mol. The molecule has 0 saturated heterocycles. The molecule has 0 bridgehead atoms. The SMILES string of the molecule is CC(C)C1(CCO[Si](C)(C)C(C)(C)C)NC=CC=C1N. The number of nitrogens with one attached hydrogen (secondary N) is 1. The smallest absolute Gasteiger partial charge is 0.191 e. The first-order valence-electron chi connectivity index (χ1n) is 7.57. The van der Waals surface area contributed by atoms with Gasteiger partial charge in [-0.25, -0.2) is 0 Å². The van der Waals surface area contributed by atoms with Crippen molar-refractivity contribution >= 4 is 8.32 Å². The van der Waals surface area contributed by atoms with E-state index in [0.29, 0.717) is 5.92 Å². The molecular weight excluding hydrogens is 264 g/mol. The summed E-state index contributed by atoms with van der Waals surface area (Å²) in [6, 6.07) is 0. The predicted molar refractivity (Wildman–Crippen MR) is 89.9 cm³/mol. The molecule has 1 unspecified atom stereocenters. The van der Waals surface area contributed by atoms with Crippen LogP contribution in [-0.4, -0.2) is 20.5 Å². The molecule has 0 saturated carbocycles. The van der Waals surface area contributed by atoms with Crippen molar-refractivity contribution in [1.82, 2.24) is 5.32 Å². The Morgan fingerprint density at radius 3 is 2.40 bits per heavy atom. The van der Waals surface area contributed by atoms with E-state index < -0.39 is 8.32 Å². The fraction of sp³-hybridized carbons (Fsp3) is 0.750. The molecular formula is C16H32N2OSi. The van der Waals surface area contributed by atoms with E-state index in [1.807, 2.05) is 18.4 Å². The molecule has 0 aromatic carbocycles. The quantitative estimate of drug-likeness (QED) is 0.760. The highest BCUT2D eigenvalue weighted by atomic mass is 28.4. The van der Waals surface area contributed by atoms with E-state index in [2.05, 4.69) is 53.0 Å². The van der Waals surface area contributed by atoms with Crippen molar-refractivity contribution in [1.29, 1.82) is 0 Å². The summed E-state index contributed by atoms with van der Waals surface area (Å²) in [5.74, 6) is 0.423. The molecule has 116 valence electrons. The number of hydrogen-bond acceptors (Lipinski definition) is 3. The third-order valence-electron chi connectivity index (χ3n) is 4.98. The molecule has 3 N–H and O–H groups in total. The van der Waals surface area contributed by atoms with E-state index in [1.54, 1.807) is 0 Å². The van der Waals surface area contributed by atoms with E-state index in [4.69, 9.17) is 10.2 Å². The van der Waals surface area contributed by atoms with Gasteiger partial charge in [0.15, 0.2) is 8.32 Å². The second-order valence-corrected chi connectivity index (χ2v) is 12.4. The molecule has 1 atom stereocenters. The lowest BCUT2D eigenvalue weighted by molar-refractivity contribution is 0.205. The van der Waals surface area contributed by atoms with Gasteiger partial charge in [-0.15, -0.1) is 0 Å². The summed E-state index contributed by atoms with van der Waals surface area (Å²) >= 11 is 0. The summed E-state index contributed by atoms with van der Waals surface area (Å²) in [7, 11) is -1.69. The molecule has 0 spiro atoms. The Labute approximate surface area is 125 Å². The predicted octanol–water partition coefficient (Wildman–Crippen LogP) is 3.75. The molecule has 0 radical (unpaired) electrons.